The standard InChI is InChI=1S/C20H24N4S/c1-3-7-24(4-2)17-8-15(9-17)20-23-18-6-5-14(10-19(18)25-20)16-11-21-13-22-12-16/h5-6,10-13,15,17H,3-4,7-9H2,1-2H3/t15-,17-. The lowest BCUT2D eigenvalue weighted by Gasteiger charge is -2.41. The van der Waals surface area contributed by atoms with Gasteiger partial charge in [-0.2, -0.15) is 0 Å². The van der Waals surface area contributed by atoms with Crippen LogP contribution in [0.3, 0.4) is 0 Å². The van der Waals surface area contributed by atoms with Gasteiger partial charge in [-0.1, -0.05) is 19.9 Å². The second-order valence-corrected chi connectivity index (χ2v) is 7.87. The number of nitrogens with zero attached hydrogens (tertiary/aromatic N) is 4. The summed E-state index contributed by atoms with van der Waals surface area (Å²) in [5, 5.41) is 1.31. The van der Waals surface area contributed by atoms with Gasteiger partial charge in [-0.25, -0.2) is 15.0 Å². The molecule has 1 saturated carbocycles. The van der Waals surface area contributed by atoms with E-state index in [-0.39, 0.29) is 0 Å². The summed E-state index contributed by atoms with van der Waals surface area (Å²) < 4.78 is 1.26. The molecule has 1 aliphatic carbocycles. The number of benzene rings is 1. The zero-order chi connectivity index (χ0) is 17.2. The highest BCUT2D eigenvalue weighted by Gasteiger charge is 2.35. The van der Waals surface area contributed by atoms with Gasteiger partial charge in [0.2, 0.25) is 0 Å². The quantitative estimate of drug-likeness (QED) is 0.643. The Bertz CT molecular complexity index is 839. The van der Waals surface area contributed by atoms with E-state index in [0.29, 0.717) is 5.92 Å². The molecule has 3 aromatic rings. The van der Waals surface area contributed by atoms with E-state index in [2.05, 4.69) is 46.9 Å². The SMILES string of the molecule is CCCN(CC)[C@H]1C[C@H](c2nc3ccc(-c4cncnc4)cc3s2)C1. The van der Waals surface area contributed by atoms with Crippen molar-refractivity contribution in [2.75, 3.05) is 13.1 Å². The average molecular weight is 353 g/mol. The summed E-state index contributed by atoms with van der Waals surface area (Å²) in [7, 11) is 0. The smallest absolute Gasteiger partial charge is 0.115 e. The van der Waals surface area contributed by atoms with E-state index in [1.54, 1.807) is 6.33 Å². The van der Waals surface area contributed by atoms with Gasteiger partial charge in [0, 0.05) is 29.9 Å². The molecule has 0 atom stereocenters. The lowest BCUT2D eigenvalue weighted by atomic mass is 9.79. The van der Waals surface area contributed by atoms with Crippen molar-refractivity contribution >= 4 is 21.6 Å². The van der Waals surface area contributed by atoms with Crippen LogP contribution in [0.5, 0.6) is 0 Å². The highest BCUT2D eigenvalue weighted by atomic mass is 32.1. The van der Waals surface area contributed by atoms with Gasteiger partial charge in [-0.15, -0.1) is 11.3 Å². The van der Waals surface area contributed by atoms with E-state index in [1.165, 1.54) is 35.5 Å². The van der Waals surface area contributed by atoms with Crippen LogP contribution in [0.1, 0.15) is 44.0 Å². The molecule has 0 amide bonds. The molecule has 0 bridgehead atoms. The number of thiazole rings is 1. The normalized spacial score (nSPS) is 20.1. The summed E-state index contributed by atoms with van der Waals surface area (Å²) in [4.78, 5) is 15.8. The van der Waals surface area contributed by atoms with Crippen molar-refractivity contribution in [2.45, 2.75) is 45.1 Å². The van der Waals surface area contributed by atoms with E-state index in [9.17, 15) is 0 Å². The third kappa shape index (κ3) is 3.31. The van der Waals surface area contributed by atoms with Crippen molar-refractivity contribution in [1.29, 1.82) is 0 Å². The zero-order valence-electron chi connectivity index (χ0n) is 14.9. The second kappa shape index (κ2) is 7.18. The first-order valence-corrected chi connectivity index (χ1v) is 10.00. The third-order valence-corrected chi connectivity index (χ3v) is 6.38. The fourth-order valence-corrected chi connectivity index (χ4v) is 4.85. The van der Waals surface area contributed by atoms with Crippen LogP contribution >= 0.6 is 11.3 Å². The van der Waals surface area contributed by atoms with Gasteiger partial charge in [0.1, 0.15) is 6.33 Å². The van der Waals surface area contributed by atoms with Crippen molar-refractivity contribution < 1.29 is 0 Å². The molecule has 0 aliphatic heterocycles. The maximum atomic E-state index is 4.90. The molecule has 4 rings (SSSR count). The average Bonchev–Trinajstić information content (AvgIpc) is 3.03. The fraction of sp³-hybridized carbons (Fsp3) is 0.450. The summed E-state index contributed by atoms with van der Waals surface area (Å²) in [6.07, 6.45) is 9.04. The number of hydrogen-bond donors (Lipinski definition) is 0. The molecule has 2 aromatic heterocycles. The molecule has 4 nitrogen and oxygen atoms in total. The van der Waals surface area contributed by atoms with Crippen molar-refractivity contribution in [1.82, 2.24) is 19.9 Å². The van der Waals surface area contributed by atoms with E-state index in [1.807, 2.05) is 23.7 Å². The summed E-state index contributed by atoms with van der Waals surface area (Å²) in [6.45, 7) is 6.92. The van der Waals surface area contributed by atoms with Gasteiger partial charge in [0.25, 0.3) is 0 Å². The summed E-state index contributed by atoms with van der Waals surface area (Å²) in [6, 6.07) is 7.22. The van der Waals surface area contributed by atoms with Crippen molar-refractivity contribution in [3.63, 3.8) is 0 Å². The number of aromatic nitrogens is 3. The summed E-state index contributed by atoms with van der Waals surface area (Å²) >= 11 is 1.85. The minimum Gasteiger partial charge on any atom is -0.301 e. The van der Waals surface area contributed by atoms with Crippen molar-refractivity contribution in [3.8, 4) is 11.1 Å². The molecule has 1 fully saturated rings. The molecule has 2 heterocycles. The van der Waals surface area contributed by atoms with E-state index < -0.39 is 0 Å². The first kappa shape index (κ1) is 16.6. The molecule has 0 spiro atoms. The summed E-state index contributed by atoms with van der Waals surface area (Å²) in [5.41, 5.74) is 3.33. The molecule has 1 aromatic carbocycles. The Morgan fingerprint density at radius 2 is 1.92 bits per heavy atom. The van der Waals surface area contributed by atoms with Crippen LogP contribution in [-0.2, 0) is 0 Å². The Balaban J connectivity index is 1.51. The minimum absolute atomic E-state index is 0.636. The van der Waals surface area contributed by atoms with Gasteiger partial charge >= 0.3 is 0 Å². The molecule has 25 heavy (non-hydrogen) atoms. The fourth-order valence-electron chi connectivity index (χ4n) is 3.72. The topological polar surface area (TPSA) is 41.9 Å². The molecular formula is C20H24N4S. The van der Waals surface area contributed by atoms with Crippen molar-refractivity contribution in [2.24, 2.45) is 0 Å². The van der Waals surface area contributed by atoms with Gasteiger partial charge in [0.15, 0.2) is 0 Å². The van der Waals surface area contributed by atoms with E-state index in [0.717, 1.165) is 29.2 Å². The van der Waals surface area contributed by atoms with Crippen LogP contribution in [0.4, 0.5) is 0 Å². The predicted molar refractivity (Wildman–Crippen MR) is 104 cm³/mol. The maximum Gasteiger partial charge on any atom is 0.115 e. The highest BCUT2D eigenvalue weighted by molar-refractivity contribution is 7.18. The van der Waals surface area contributed by atoms with Crippen LogP contribution in [0.2, 0.25) is 0 Å². The maximum absolute atomic E-state index is 4.90. The van der Waals surface area contributed by atoms with Gasteiger partial charge in [0.05, 0.1) is 15.2 Å². The molecule has 0 unspecified atom stereocenters. The predicted octanol–water partition coefficient (Wildman–Crippen LogP) is 4.73. The Morgan fingerprint density at radius 3 is 2.64 bits per heavy atom. The molecule has 0 N–H and O–H groups in total. The van der Waals surface area contributed by atoms with Crippen LogP contribution in [-0.4, -0.2) is 39.0 Å². The number of hydrogen-bond acceptors (Lipinski definition) is 5. The minimum atomic E-state index is 0.636. The number of fused-ring (bicyclic) bond motifs is 1. The second-order valence-electron chi connectivity index (χ2n) is 6.81. The molecule has 0 radical (unpaired) electrons. The van der Waals surface area contributed by atoms with Crippen molar-refractivity contribution in [3.05, 3.63) is 41.9 Å². The molecular weight excluding hydrogens is 328 g/mol. The Kier molecular flexibility index (Phi) is 4.77. The Morgan fingerprint density at radius 1 is 1.12 bits per heavy atom. The van der Waals surface area contributed by atoms with E-state index >= 15 is 0 Å². The highest BCUT2D eigenvalue weighted by Crippen LogP contribution is 2.43. The lowest BCUT2D eigenvalue weighted by Crippen LogP contribution is -2.44. The monoisotopic (exact) mass is 352 g/mol. The first-order chi connectivity index (χ1) is 12.3. The van der Waals surface area contributed by atoms with Crippen LogP contribution in [0.15, 0.2) is 36.9 Å². The third-order valence-electron chi connectivity index (χ3n) is 5.19. The largest absolute Gasteiger partial charge is 0.301 e. The molecule has 0 saturated heterocycles. The molecule has 5 heteroatoms. The van der Waals surface area contributed by atoms with Crippen LogP contribution in [0, 0.1) is 0 Å². The summed E-state index contributed by atoms with van der Waals surface area (Å²) in [5.74, 6) is 0.636. The zero-order valence-corrected chi connectivity index (χ0v) is 15.7. The molecule has 1 aliphatic rings. The van der Waals surface area contributed by atoms with E-state index in [4.69, 9.17) is 4.98 Å². The van der Waals surface area contributed by atoms with Gasteiger partial charge < -0.3 is 4.90 Å². The number of rotatable bonds is 6. The van der Waals surface area contributed by atoms with Crippen LogP contribution < -0.4 is 0 Å². The Labute approximate surface area is 153 Å². The first-order valence-electron chi connectivity index (χ1n) is 9.18. The Hall–Kier alpha value is -1.85. The molecule has 130 valence electrons. The lowest BCUT2D eigenvalue weighted by molar-refractivity contribution is 0.114. The van der Waals surface area contributed by atoms with Crippen LogP contribution in [0.25, 0.3) is 21.3 Å². The van der Waals surface area contributed by atoms with Gasteiger partial charge in [-0.3, -0.25) is 0 Å². The van der Waals surface area contributed by atoms with Gasteiger partial charge in [-0.05, 0) is 50.0 Å².